The Balaban J connectivity index is 2.32. The Hall–Kier alpha value is -2.57. The van der Waals surface area contributed by atoms with Crippen molar-refractivity contribution < 1.29 is 18.7 Å². The van der Waals surface area contributed by atoms with Gasteiger partial charge in [0.15, 0.2) is 0 Å². The van der Waals surface area contributed by atoms with Gasteiger partial charge in [-0.3, -0.25) is 4.79 Å². The molecule has 0 spiro atoms. The Morgan fingerprint density at radius 1 is 1.46 bits per heavy atom. The normalized spacial score (nSPS) is 17.9. The number of halogens is 1. The fraction of sp³-hybridized carbons (Fsp3) is 0.474. The molecule has 142 valence electrons. The second-order valence-corrected chi connectivity index (χ2v) is 7.23. The van der Waals surface area contributed by atoms with Crippen LogP contribution in [0, 0.1) is 5.82 Å². The highest BCUT2D eigenvalue weighted by Crippen LogP contribution is 2.34. The zero-order valence-corrected chi connectivity index (χ0v) is 15.7. The maximum absolute atomic E-state index is 14.4. The first kappa shape index (κ1) is 19.8. The van der Waals surface area contributed by atoms with Gasteiger partial charge >= 0.3 is 6.09 Å². The fourth-order valence-corrected chi connectivity index (χ4v) is 2.88. The second-order valence-electron chi connectivity index (χ2n) is 7.23. The highest BCUT2D eigenvalue weighted by molar-refractivity contribution is 6.01. The number of nitrogens with zero attached hydrogens (tertiary/aromatic N) is 2. The van der Waals surface area contributed by atoms with Crippen molar-refractivity contribution in [1.82, 2.24) is 5.32 Å². The van der Waals surface area contributed by atoms with Gasteiger partial charge in [0, 0.05) is 20.1 Å². The molecule has 0 aliphatic carbocycles. The number of carbonyl (C=O) groups is 2. The number of alkyl carbamates (subject to hydrolysis) is 1. The minimum Gasteiger partial charge on any atom is -0.444 e. The monoisotopic (exact) mass is 363 g/mol. The zero-order chi connectivity index (χ0) is 19.5. The number of anilines is 2. The van der Waals surface area contributed by atoms with E-state index in [1.807, 2.05) is 4.90 Å². The van der Waals surface area contributed by atoms with Gasteiger partial charge in [-0.2, -0.15) is 0 Å². The first-order valence-electron chi connectivity index (χ1n) is 8.55. The lowest BCUT2D eigenvalue weighted by molar-refractivity contribution is -0.120. The van der Waals surface area contributed by atoms with Crippen LogP contribution < -0.4 is 15.1 Å². The highest BCUT2D eigenvalue weighted by Gasteiger charge is 2.32. The van der Waals surface area contributed by atoms with Crippen LogP contribution in [0.4, 0.5) is 20.6 Å². The molecule has 7 heteroatoms. The van der Waals surface area contributed by atoms with E-state index in [0.717, 1.165) is 0 Å². The Morgan fingerprint density at radius 2 is 2.15 bits per heavy atom. The molecule has 0 bridgehead atoms. The van der Waals surface area contributed by atoms with Crippen LogP contribution in [-0.2, 0) is 9.53 Å². The average molecular weight is 363 g/mol. The molecule has 1 atom stereocenters. The first-order valence-corrected chi connectivity index (χ1v) is 8.55. The molecule has 0 saturated heterocycles. The van der Waals surface area contributed by atoms with Crippen LogP contribution in [0.5, 0.6) is 0 Å². The van der Waals surface area contributed by atoms with Crippen LogP contribution in [0.3, 0.4) is 0 Å². The topological polar surface area (TPSA) is 61.9 Å². The van der Waals surface area contributed by atoms with Crippen LogP contribution in [0.2, 0.25) is 0 Å². The number of ether oxygens (including phenoxy) is 1. The summed E-state index contributed by atoms with van der Waals surface area (Å²) < 4.78 is 19.7. The van der Waals surface area contributed by atoms with Crippen LogP contribution in [0.25, 0.3) is 0 Å². The summed E-state index contributed by atoms with van der Waals surface area (Å²) in [6.45, 7) is 9.79. The number of benzene rings is 1. The van der Waals surface area contributed by atoms with E-state index in [4.69, 9.17) is 4.74 Å². The number of para-hydroxylation sites is 1. The van der Waals surface area contributed by atoms with Gasteiger partial charge in [-0.1, -0.05) is 12.1 Å². The number of hydrogen-bond donors (Lipinski definition) is 1. The van der Waals surface area contributed by atoms with E-state index >= 15 is 0 Å². The predicted octanol–water partition coefficient (Wildman–Crippen LogP) is 3.08. The van der Waals surface area contributed by atoms with E-state index in [1.54, 1.807) is 46.0 Å². The summed E-state index contributed by atoms with van der Waals surface area (Å²) in [5, 5.41) is 2.63. The van der Waals surface area contributed by atoms with E-state index in [-0.39, 0.29) is 5.91 Å². The van der Waals surface area contributed by atoms with E-state index in [1.165, 1.54) is 11.0 Å². The summed E-state index contributed by atoms with van der Waals surface area (Å²) in [7, 11) is 1.57. The molecule has 0 unspecified atom stereocenters. The van der Waals surface area contributed by atoms with Crippen molar-refractivity contribution in [2.24, 2.45) is 0 Å². The lowest BCUT2D eigenvalue weighted by Crippen LogP contribution is -2.51. The van der Waals surface area contributed by atoms with E-state index in [0.29, 0.717) is 30.9 Å². The number of fused-ring (bicyclic) bond motifs is 1. The molecule has 1 aliphatic heterocycles. The first-order chi connectivity index (χ1) is 12.1. The van der Waals surface area contributed by atoms with Gasteiger partial charge < -0.3 is 19.9 Å². The molecule has 1 N–H and O–H groups in total. The van der Waals surface area contributed by atoms with Gasteiger partial charge in [-0.15, -0.1) is 6.58 Å². The van der Waals surface area contributed by atoms with Gasteiger partial charge in [0.05, 0.1) is 11.4 Å². The smallest absolute Gasteiger partial charge is 0.408 e. The number of rotatable bonds is 3. The van der Waals surface area contributed by atoms with Crippen molar-refractivity contribution in [1.29, 1.82) is 0 Å². The van der Waals surface area contributed by atoms with E-state index in [2.05, 4.69) is 11.9 Å². The zero-order valence-electron chi connectivity index (χ0n) is 15.7. The third-order valence-electron chi connectivity index (χ3n) is 4.00. The maximum Gasteiger partial charge on any atom is 0.408 e. The SMILES string of the molecule is C=CCN1CC[C@H](NC(=O)OC(C)(C)C)C(=O)N(C)c2cccc(F)c21. The number of amides is 2. The van der Waals surface area contributed by atoms with E-state index in [9.17, 15) is 14.0 Å². The van der Waals surface area contributed by atoms with Crippen LogP contribution in [-0.4, -0.2) is 43.8 Å². The summed E-state index contributed by atoms with van der Waals surface area (Å²) in [5.74, 6) is -0.719. The summed E-state index contributed by atoms with van der Waals surface area (Å²) in [4.78, 5) is 28.1. The Morgan fingerprint density at radius 3 is 2.77 bits per heavy atom. The molecule has 26 heavy (non-hydrogen) atoms. The largest absolute Gasteiger partial charge is 0.444 e. The molecule has 6 nitrogen and oxygen atoms in total. The summed E-state index contributed by atoms with van der Waals surface area (Å²) in [5.41, 5.74) is 0.150. The van der Waals surface area contributed by atoms with Gasteiger partial charge in [-0.05, 0) is 39.3 Å². The molecule has 0 radical (unpaired) electrons. The van der Waals surface area contributed by atoms with Crippen molar-refractivity contribution in [3.63, 3.8) is 0 Å². The third-order valence-corrected chi connectivity index (χ3v) is 4.00. The highest BCUT2D eigenvalue weighted by atomic mass is 19.1. The third kappa shape index (κ3) is 4.53. The molecule has 0 saturated carbocycles. The number of likely N-dealkylation sites (N-methyl/N-ethyl adjacent to an activating group) is 1. The standard InChI is InChI=1S/C19H26FN3O3/c1-6-11-23-12-10-14(21-18(25)26-19(2,3)4)17(24)22(5)15-9-7-8-13(20)16(15)23/h6-9,14H,1,10-12H2,2-5H3,(H,21,25)/t14-/m0/s1. The predicted molar refractivity (Wildman–Crippen MR) is 100.0 cm³/mol. The van der Waals surface area contributed by atoms with Crippen molar-refractivity contribution in [3.8, 4) is 0 Å². The van der Waals surface area contributed by atoms with Crippen molar-refractivity contribution >= 4 is 23.4 Å². The van der Waals surface area contributed by atoms with Gasteiger partial charge in [0.25, 0.3) is 0 Å². The molecule has 0 aromatic heterocycles. The molecule has 2 rings (SSSR count). The molecule has 1 aromatic carbocycles. The average Bonchev–Trinajstić information content (AvgIpc) is 2.53. The molecule has 1 aliphatic rings. The molecule has 0 fully saturated rings. The molecular formula is C19H26FN3O3. The molecule has 2 amide bonds. The fourth-order valence-electron chi connectivity index (χ4n) is 2.88. The van der Waals surface area contributed by atoms with E-state index < -0.39 is 23.6 Å². The lowest BCUT2D eigenvalue weighted by Gasteiger charge is -2.35. The number of nitrogens with one attached hydrogen (secondary N) is 1. The minimum atomic E-state index is -0.765. The Bertz CT molecular complexity index is 700. The summed E-state index contributed by atoms with van der Waals surface area (Å²) >= 11 is 0. The molecule has 1 heterocycles. The quantitative estimate of drug-likeness (QED) is 0.839. The van der Waals surface area contributed by atoms with Crippen LogP contribution in [0.1, 0.15) is 27.2 Å². The second kappa shape index (κ2) is 7.76. The van der Waals surface area contributed by atoms with Crippen LogP contribution >= 0.6 is 0 Å². The lowest BCUT2D eigenvalue weighted by atomic mass is 10.1. The van der Waals surface area contributed by atoms with Gasteiger partial charge in [0.2, 0.25) is 5.91 Å². The number of hydrogen-bond acceptors (Lipinski definition) is 4. The van der Waals surface area contributed by atoms with Gasteiger partial charge in [-0.25, -0.2) is 9.18 Å². The molecular weight excluding hydrogens is 337 g/mol. The van der Waals surface area contributed by atoms with Gasteiger partial charge in [0.1, 0.15) is 17.5 Å². The van der Waals surface area contributed by atoms with Crippen LogP contribution in [0.15, 0.2) is 30.9 Å². The summed E-state index contributed by atoms with van der Waals surface area (Å²) in [6.07, 6.45) is 1.35. The Labute approximate surface area is 153 Å². The van der Waals surface area contributed by atoms with Crippen molar-refractivity contribution in [3.05, 3.63) is 36.7 Å². The summed E-state index contributed by atoms with van der Waals surface area (Å²) in [6, 6.07) is 3.84. The van der Waals surface area contributed by atoms with Crippen molar-refractivity contribution in [2.45, 2.75) is 38.8 Å². The number of carbonyl (C=O) groups excluding carboxylic acids is 2. The van der Waals surface area contributed by atoms with Crippen molar-refractivity contribution in [2.75, 3.05) is 29.9 Å². The maximum atomic E-state index is 14.4. The Kier molecular flexibility index (Phi) is 5.90. The minimum absolute atomic E-state index is 0.319. The molecule has 1 aromatic rings.